The van der Waals surface area contributed by atoms with Gasteiger partial charge in [0, 0.05) is 44.0 Å². The number of hydrogen-bond donors (Lipinski definition) is 3. The van der Waals surface area contributed by atoms with Crippen LogP contribution in [-0.2, 0) is 30.7 Å². The van der Waals surface area contributed by atoms with E-state index in [1.807, 2.05) is 38.1 Å². The van der Waals surface area contributed by atoms with Crippen LogP contribution >= 0.6 is 0 Å². The number of nitrogens with one attached hydrogen (secondary N) is 1. The predicted octanol–water partition coefficient (Wildman–Crippen LogP) is 3.91. The van der Waals surface area contributed by atoms with Crippen molar-refractivity contribution in [3.63, 3.8) is 0 Å². The van der Waals surface area contributed by atoms with Gasteiger partial charge in [-0.25, -0.2) is 13.2 Å². The minimum atomic E-state index is -3.96. The highest BCUT2D eigenvalue weighted by Crippen LogP contribution is 2.25. The minimum absolute atomic E-state index is 0.0139. The molecule has 254 valence electrons. The summed E-state index contributed by atoms with van der Waals surface area (Å²) >= 11 is 0. The van der Waals surface area contributed by atoms with Gasteiger partial charge in [-0.1, -0.05) is 50.2 Å². The van der Waals surface area contributed by atoms with Crippen LogP contribution in [0.15, 0.2) is 77.7 Å². The van der Waals surface area contributed by atoms with Crippen LogP contribution in [0.1, 0.15) is 25.8 Å². The van der Waals surface area contributed by atoms with Crippen molar-refractivity contribution in [1.29, 1.82) is 0 Å². The van der Waals surface area contributed by atoms with Crippen molar-refractivity contribution in [1.82, 2.24) is 9.62 Å². The first-order chi connectivity index (χ1) is 22.6. The number of hydrogen-bond acceptors (Lipinski definition) is 9. The third-order valence-electron chi connectivity index (χ3n) is 8.39. The average Bonchev–Trinajstić information content (AvgIpc) is 3.58. The first-order valence-electron chi connectivity index (χ1n) is 16.2. The molecule has 11 nitrogen and oxygen atoms in total. The molecule has 0 saturated carbocycles. The molecular formula is C35H46N4O7S. The number of carbonyl (C=O) groups is 1. The van der Waals surface area contributed by atoms with Gasteiger partial charge in [0.15, 0.2) is 0 Å². The van der Waals surface area contributed by atoms with Gasteiger partial charge < -0.3 is 35.3 Å². The number of morpholine rings is 1. The molecule has 3 aromatic carbocycles. The van der Waals surface area contributed by atoms with Gasteiger partial charge in [0.2, 0.25) is 10.0 Å². The summed E-state index contributed by atoms with van der Waals surface area (Å²) in [5.41, 5.74) is 10.4. The van der Waals surface area contributed by atoms with Crippen molar-refractivity contribution >= 4 is 27.5 Å². The number of nitrogens with zero attached hydrogens (tertiary/aromatic N) is 2. The maximum absolute atomic E-state index is 13.7. The number of nitrogen functional groups attached to an aromatic ring is 1. The number of carbonyl (C=O) groups excluding carboxylic acids is 1. The summed E-state index contributed by atoms with van der Waals surface area (Å²) in [7, 11) is -3.96. The van der Waals surface area contributed by atoms with Gasteiger partial charge in [0.05, 0.1) is 43.5 Å². The van der Waals surface area contributed by atoms with Crippen LogP contribution in [0.3, 0.4) is 0 Å². The summed E-state index contributed by atoms with van der Waals surface area (Å²) in [5.74, 6) is -0.0139. The molecule has 0 radical (unpaired) electrons. The van der Waals surface area contributed by atoms with Crippen molar-refractivity contribution in [2.24, 2.45) is 5.92 Å². The fourth-order valence-electron chi connectivity index (χ4n) is 5.80. The fourth-order valence-corrected chi connectivity index (χ4v) is 7.42. The average molecular weight is 667 g/mol. The summed E-state index contributed by atoms with van der Waals surface area (Å²) in [6.07, 6.45) is -1.44. The van der Waals surface area contributed by atoms with E-state index in [-0.39, 0.29) is 36.4 Å². The molecule has 0 spiro atoms. The van der Waals surface area contributed by atoms with Crippen molar-refractivity contribution in [3.8, 4) is 11.1 Å². The molecule has 1 amide bonds. The van der Waals surface area contributed by atoms with E-state index >= 15 is 0 Å². The van der Waals surface area contributed by atoms with E-state index in [1.54, 1.807) is 0 Å². The Morgan fingerprint density at radius 3 is 2.19 bits per heavy atom. The van der Waals surface area contributed by atoms with Gasteiger partial charge in [-0.15, -0.1) is 0 Å². The van der Waals surface area contributed by atoms with Gasteiger partial charge in [-0.3, -0.25) is 0 Å². The van der Waals surface area contributed by atoms with E-state index in [0.29, 0.717) is 25.3 Å². The zero-order chi connectivity index (χ0) is 33.4. The second-order valence-electron chi connectivity index (χ2n) is 12.5. The molecule has 2 aliphatic heterocycles. The summed E-state index contributed by atoms with van der Waals surface area (Å²) in [5, 5.41) is 14.4. The quantitative estimate of drug-likeness (QED) is 0.232. The second kappa shape index (κ2) is 15.9. The molecule has 0 unspecified atom stereocenters. The van der Waals surface area contributed by atoms with Crippen LogP contribution in [0.5, 0.6) is 0 Å². The monoisotopic (exact) mass is 666 g/mol. The zero-order valence-electron chi connectivity index (χ0n) is 27.1. The van der Waals surface area contributed by atoms with E-state index < -0.39 is 28.3 Å². The molecule has 0 aromatic heterocycles. The molecule has 12 heteroatoms. The molecule has 2 aliphatic rings. The highest BCUT2D eigenvalue weighted by Gasteiger charge is 2.32. The number of aliphatic hydroxyl groups excluding tert-OH is 1. The number of alkyl carbamates (subject to hydrolysis) is 1. The molecule has 2 fully saturated rings. The van der Waals surface area contributed by atoms with Crippen LogP contribution in [-0.4, -0.2) is 94.8 Å². The van der Waals surface area contributed by atoms with Crippen molar-refractivity contribution in [2.75, 3.05) is 63.2 Å². The fraction of sp³-hybridized carbons (Fsp3) is 0.457. The topological polar surface area (TPSA) is 144 Å². The third-order valence-corrected chi connectivity index (χ3v) is 10.2. The Hall–Kier alpha value is -3.68. The molecule has 3 atom stereocenters. The molecular weight excluding hydrogens is 620 g/mol. The van der Waals surface area contributed by atoms with Crippen molar-refractivity contribution in [2.45, 2.75) is 49.8 Å². The lowest BCUT2D eigenvalue weighted by molar-refractivity contribution is 0.0644. The normalized spacial score (nSPS) is 18.3. The Balaban J connectivity index is 1.32. The largest absolute Gasteiger partial charge is 0.444 e. The molecule has 5 rings (SSSR count). The molecule has 4 N–H and O–H groups in total. The van der Waals surface area contributed by atoms with E-state index in [0.717, 1.165) is 48.7 Å². The number of nitrogens with two attached hydrogens (primary N) is 1. The maximum Gasteiger partial charge on any atom is 0.407 e. The van der Waals surface area contributed by atoms with Crippen LogP contribution in [0.25, 0.3) is 11.1 Å². The summed E-state index contributed by atoms with van der Waals surface area (Å²) in [6.45, 7) is 7.81. The van der Waals surface area contributed by atoms with Gasteiger partial charge in [-0.05, 0) is 65.4 Å². The van der Waals surface area contributed by atoms with Gasteiger partial charge >= 0.3 is 6.09 Å². The lowest BCUT2D eigenvalue weighted by Gasteiger charge is -2.30. The Bertz CT molecular complexity index is 1540. The standard InChI is InChI=1S/C35H46N4O7S/c1-25(2)22-39(47(42,43)32-13-9-29(36)10-14-32)23-34(40)33(37-35(41)46-31-15-18-45-24-31)21-26-3-5-27(6-4-26)28-7-11-30(12-8-28)38-16-19-44-20-17-38/h3-14,25,31,33-34,40H,15-24,36H2,1-2H3,(H,37,41)/t31-,33-,34+/m0/s1. The molecule has 3 aromatic rings. The highest BCUT2D eigenvalue weighted by molar-refractivity contribution is 7.89. The summed E-state index contributed by atoms with van der Waals surface area (Å²) in [4.78, 5) is 15.3. The number of amides is 1. The number of ether oxygens (including phenoxy) is 3. The number of sulfonamides is 1. The Morgan fingerprint density at radius 1 is 0.957 bits per heavy atom. The van der Waals surface area contributed by atoms with E-state index in [2.05, 4.69) is 34.5 Å². The van der Waals surface area contributed by atoms with Gasteiger partial charge in [0.25, 0.3) is 0 Å². The first kappa shape index (κ1) is 34.6. The predicted molar refractivity (Wildman–Crippen MR) is 182 cm³/mol. The second-order valence-corrected chi connectivity index (χ2v) is 14.5. The van der Waals surface area contributed by atoms with E-state index in [1.165, 1.54) is 28.6 Å². The Kier molecular flexibility index (Phi) is 11.8. The molecule has 0 bridgehead atoms. The molecule has 2 heterocycles. The molecule has 0 aliphatic carbocycles. The zero-order valence-corrected chi connectivity index (χ0v) is 27.9. The smallest absolute Gasteiger partial charge is 0.407 e. The summed E-state index contributed by atoms with van der Waals surface area (Å²) < 4.78 is 44.9. The number of benzene rings is 3. The molecule has 2 saturated heterocycles. The third kappa shape index (κ3) is 9.45. The minimum Gasteiger partial charge on any atom is -0.444 e. The van der Waals surface area contributed by atoms with Crippen LogP contribution in [0, 0.1) is 5.92 Å². The van der Waals surface area contributed by atoms with Gasteiger partial charge in [0.1, 0.15) is 6.10 Å². The van der Waals surface area contributed by atoms with Crippen LogP contribution < -0.4 is 16.0 Å². The van der Waals surface area contributed by atoms with Crippen LogP contribution in [0.4, 0.5) is 16.2 Å². The first-order valence-corrected chi connectivity index (χ1v) is 17.6. The SMILES string of the molecule is CC(C)CN(C[C@@H](O)[C@H](Cc1ccc(-c2ccc(N3CCOCC3)cc2)cc1)NC(=O)O[C@H]1CCOC1)S(=O)(=O)c1ccc(N)cc1. The number of aliphatic hydroxyl groups is 1. The van der Waals surface area contributed by atoms with Crippen molar-refractivity contribution < 1.29 is 32.5 Å². The van der Waals surface area contributed by atoms with E-state index in [9.17, 15) is 18.3 Å². The lowest BCUT2D eigenvalue weighted by atomic mass is 9.98. The van der Waals surface area contributed by atoms with E-state index in [4.69, 9.17) is 19.9 Å². The molecule has 47 heavy (non-hydrogen) atoms. The Labute approximate surface area is 277 Å². The Morgan fingerprint density at radius 2 is 1.60 bits per heavy atom. The van der Waals surface area contributed by atoms with Gasteiger partial charge in [-0.2, -0.15) is 4.31 Å². The highest BCUT2D eigenvalue weighted by atomic mass is 32.2. The lowest BCUT2D eigenvalue weighted by Crippen LogP contribution is -2.51. The number of rotatable bonds is 13. The van der Waals surface area contributed by atoms with Crippen LogP contribution in [0.2, 0.25) is 0 Å². The van der Waals surface area contributed by atoms with Crippen molar-refractivity contribution in [3.05, 3.63) is 78.4 Å². The maximum atomic E-state index is 13.7. The number of anilines is 2. The summed E-state index contributed by atoms with van der Waals surface area (Å²) in [6, 6.07) is 21.5.